The molecule has 1 aliphatic rings. The Morgan fingerprint density at radius 2 is 2.33 bits per heavy atom. The van der Waals surface area contributed by atoms with Crippen molar-refractivity contribution in [1.29, 1.82) is 0 Å². The average Bonchev–Trinajstić information content (AvgIpc) is 2.50. The number of ether oxygens (including phenoxy) is 2. The molecule has 1 heterocycles. The van der Waals surface area contributed by atoms with Gasteiger partial charge in [-0.05, 0) is 25.4 Å². The zero-order chi connectivity index (χ0) is 13.5. The van der Waals surface area contributed by atoms with E-state index in [0.717, 1.165) is 22.8 Å². The second-order valence-corrected chi connectivity index (χ2v) is 6.32. The van der Waals surface area contributed by atoms with Crippen LogP contribution < -0.4 is 0 Å². The van der Waals surface area contributed by atoms with Crippen LogP contribution in [-0.2, 0) is 13.7 Å². The van der Waals surface area contributed by atoms with Crippen LogP contribution in [0.4, 0.5) is 0 Å². The molecule has 3 atom stereocenters. The van der Waals surface area contributed by atoms with Gasteiger partial charge in [0, 0.05) is 10.7 Å². The Bertz CT molecular complexity index is 280. The van der Waals surface area contributed by atoms with Crippen LogP contribution in [0.25, 0.3) is 0 Å². The van der Waals surface area contributed by atoms with Crippen molar-refractivity contribution in [2.24, 2.45) is 0 Å². The van der Waals surface area contributed by atoms with E-state index in [4.69, 9.17) is 13.7 Å². The van der Waals surface area contributed by atoms with E-state index in [2.05, 4.69) is 34.3 Å². The summed E-state index contributed by atoms with van der Waals surface area (Å²) in [7, 11) is 2.18. The van der Waals surface area contributed by atoms with Crippen molar-refractivity contribution in [1.82, 2.24) is 0 Å². The van der Waals surface area contributed by atoms with Gasteiger partial charge in [0.1, 0.15) is 32.4 Å². The molecule has 0 radical (unpaired) electrons. The largest absolute Gasteiger partial charge is 0.492 e. The lowest BCUT2D eigenvalue weighted by Gasteiger charge is -2.16. The summed E-state index contributed by atoms with van der Waals surface area (Å²) in [6.07, 6.45) is 0.887. The van der Waals surface area contributed by atoms with Gasteiger partial charge in [-0.3, -0.25) is 0 Å². The molecule has 0 aliphatic carbocycles. The first kappa shape index (κ1) is 16.3. The molecular weight excluding hydrogens is 267 g/mol. The van der Waals surface area contributed by atoms with Crippen LogP contribution in [0.3, 0.4) is 0 Å². The van der Waals surface area contributed by atoms with Gasteiger partial charge in [-0.1, -0.05) is 19.7 Å². The Hall–Kier alpha value is 0.225. The molecule has 1 aliphatic heterocycles. The first-order valence-corrected chi connectivity index (χ1v) is 7.82. The molecule has 0 bridgehead atoms. The fraction of sp³-hybridized carbons (Fsp3) is 0.833. The Morgan fingerprint density at radius 3 is 2.89 bits per heavy atom. The van der Waals surface area contributed by atoms with Gasteiger partial charge in [-0.2, -0.15) is 0 Å². The van der Waals surface area contributed by atoms with E-state index in [-0.39, 0.29) is 12.2 Å². The maximum absolute atomic E-state index is 5.83. The Balaban J connectivity index is 2.46. The van der Waals surface area contributed by atoms with Crippen LogP contribution in [0, 0.1) is 0 Å². The SMILES string of the molecule is BC(C)CSOC1CO/C(=C(\C)S)C(CC)OC1. The topological polar surface area (TPSA) is 27.7 Å². The third-order valence-electron chi connectivity index (χ3n) is 2.53. The van der Waals surface area contributed by atoms with Crippen molar-refractivity contribution in [2.45, 2.75) is 45.2 Å². The molecule has 3 nitrogen and oxygen atoms in total. The van der Waals surface area contributed by atoms with Crippen LogP contribution in [0.15, 0.2) is 10.7 Å². The Kier molecular flexibility index (Phi) is 7.60. The minimum absolute atomic E-state index is 0.00574. The zero-order valence-electron chi connectivity index (χ0n) is 11.6. The number of rotatable bonds is 5. The minimum atomic E-state index is -0.00650. The molecule has 1 saturated heterocycles. The molecule has 0 amide bonds. The second-order valence-electron chi connectivity index (χ2n) is 4.89. The zero-order valence-corrected chi connectivity index (χ0v) is 13.4. The van der Waals surface area contributed by atoms with E-state index in [1.165, 1.54) is 12.0 Å². The smallest absolute Gasteiger partial charge is 0.134 e. The van der Waals surface area contributed by atoms with Crippen LogP contribution in [-0.4, -0.2) is 39.0 Å². The van der Waals surface area contributed by atoms with Gasteiger partial charge < -0.3 is 13.7 Å². The van der Waals surface area contributed by atoms with Crippen molar-refractivity contribution < 1.29 is 13.7 Å². The van der Waals surface area contributed by atoms with E-state index in [1.54, 1.807) is 0 Å². The van der Waals surface area contributed by atoms with Gasteiger partial charge in [0.25, 0.3) is 0 Å². The van der Waals surface area contributed by atoms with Crippen molar-refractivity contribution in [3.05, 3.63) is 10.7 Å². The second kappa shape index (κ2) is 8.41. The van der Waals surface area contributed by atoms with E-state index in [9.17, 15) is 0 Å². The molecule has 18 heavy (non-hydrogen) atoms. The summed E-state index contributed by atoms with van der Waals surface area (Å²) in [6.45, 7) is 7.30. The highest BCUT2D eigenvalue weighted by Crippen LogP contribution is 2.24. The predicted octanol–water partition coefficient (Wildman–Crippen LogP) is 2.45. The monoisotopic (exact) mass is 290 g/mol. The van der Waals surface area contributed by atoms with Gasteiger partial charge >= 0.3 is 0 Å². The van der Waals surface area contributed by atoms with E-state index in [0.29, 0.717) is 19.0 Å². The fourth-order valence-corrected chi connectivity index (χ4v) is 2.45. The van der Waals surface area contributed by atoms with Crippen LogP contribution >= 0.6 is 24.7 Å². The lowest BCUT2D eigenvalue weighted by atomic mass is 9.92. The molecule has 0 aromatic rings. The molecule has 3 unspecified atom stereocenters. The number of hydrogen-bond acceptors (Lipinski definition) is 5. The molecule has 0 aromatic carbocycles. The summed E-state index contributed by atoms with van der Waals surface area (Å²) >= 11 is 5.86. The predicted molar refractivity (Wildman–Crippen MR) is 83.0 cm³/mol. The van der Waals surface area contributed by atoms with Gasteiger partial charge in [0.05, 0.1) is 6.61 Å². The Labute approximate surface area is 121 Å². The van der Waals surface area contributed by atoms with Crippen LogP contribution in [0.2, 0.25) is 5.82 Å². The van der Waals surface area contributed by atoms with Gasteiger partial charge in [-0.25, -0.2) is 0 Å². The van der Waals surface area contributed by atoms with Gasteiger partial charge in [-0.15, -0.1) is 12.6 Å². The van der Waals surface area contributed by atoms with Crippen molar-refractivity contribution in [3.8, 4) is 0 Å². The summed E-state index contributed by atoms with van der Waals surface area (Å²) in [4.78, 5) is 0.886. The third kappa shape index (κ3) is 5.47. The molecule has 104 valence electrons. The van der Waals surface area contributed by atoms with Crippen molar-refractivity contribution >= 4 is 32.5 Å². The molecule has 0 spiro atoms. The molecule has 0 N–H and O–H groups in total. The summed E-state index contributed by atoms with van der Waals surface area (Å²) in [5.41, 5.74) is 0. The van der Waals surface area contributed by atoms with Crippen molar-refractivity contribution in [3.63, 3.8) is 0 Å². The first-order valence-electron chi connectivity index (χ1n) is 6.47. The molecular formula is C12H23BO3S2. The van der Waals surface area contributed by atoms with Crippen molar-refractivity contribution in [2.75, 3.05) is 19.0 Å². The maximum Gasteiger partial charge on any atom is 0.134 e. The summed E-state index contributed by atoms with van der Waals surface area (Å²) < 4.78 is 17.3. The van der Waals surface area contributed by atoms with Crippen LogP contribution in [0.1, 0.15) is 27.2 Å². The van der Waals surface area contributed by atoms with E-state index >= 15 is 0 Å². The van der Waals surface area contributed by atoms with E-state index < -0.39 is 0 Å². The van der Waals surface area contributed by atoms with Crippen LogP contribution in [0.5, 0.6) is 0 Å². The van der Waals surface area contributed by atoms with Gasteiger partial charge in [0.2, 0.25) is 0 Å². The summed E-state index contributed by atoms with van der Waals surface area (Å²) in [5.74, 6) is 2.46. The number of hydrogen-bond donors (Lipinski definition) is 1. The average molecular weight is 290 g/mol. The lowest BCUT2D eigenvalue weighted by molar-refractivity contribution is 0.0362. The highest BCUT2D eigenvalue weighted by atomic mass is 32.2. The number of thiol groups is 1. The highest BCUT2D eigenvalue weighted by molar-refractivity contribution is 7.94. The summed E-state index contributed by atoms with van der Waals surface area (Å²) in [5, 5.41) is 0. The molecule has 1 fully saturated rings. The third-order valence-corrected chi connectivity index (χ3v) is 3.96. The lowest BCUT2D eigenvalue weighted by Crippen LogP contribution is -2.21. The maximum atomic E-state index is 5.83. The quantitative estimate of drug-likeness (QED) is 0.478. The summed E-state index contributed by atoms with van der Waals surface area (Å²) in [6, 6.07) is 0. The van der Waals surface area contributed by atoms with Gasteiger partial charge in [0.15, 0.2) is 0 Å². The fourth-order valence-electron chi connectivity index (χ4n) is 1.59. The Morgan fingerprint density at radius 1 is 1.61 bits per heavy atom. The minimum Gasteiger partial charge on any atom is -0.492 e. The molecule has 0 aromatic heterocycles. The van der Waals surface area contributed by atoms with E-state index in [1.807, 2.05) is 6.92 Å². The highest BCUT2D eigenvalue weighted by Gasteiger charge is 2.25. The normalized spacial score (nSPS) is 29.3. The standard InChI is InChI=1S/C12H23BO3S2/c1-4-11-12(9(3)17)15-6-10(5-14-11)16-18-7-8(2)13/h8,10-11,17H,4-7,13H2,1-3H3/b12-9+. The molecule has 0 saturated carbocycles. The molecule has 1 rings (SSSR count). The molecule has 6 heteroatoms. The number of allylic oxidation sites excluding steroid dienone is 1. The first-order chi connectivity index (χ1) is 8.54.